The molecule has 0 amide bonds. The van der Waals surface area contributed by atoms with Gasteiger partial charge in [-0.3, -0.25) is 4.57 Å². The third kappa shape index (κ3) is 2.54. The number of nitrogens with zero attached hydrogens (tertiary/aromatic N) is 2. The van der Waals surface area contributed by atoms with Crippen LogP contribution in [0.5, 0.6) is 5.75 Å². The van der Waals surface area contributed by atoms with Crippen molar-refractivity contribution in [3.8, 4) is 11.4 Å². The Morgan fingerprint density at radius 3 is 2.52 bits per heavy atom. The van der Waals surface area contributed by atoms with E-state index in [9.17, 15) is 4.39 Å². The van der Waals surface area contributed by atoms with Crippen LogP contribution in [-0.2, 0) is 0 Å². The molecule has 0 saturated heterocycles. The maximum atomic E-state index is 13.2. The molecule has 1 aromatic heterocycles. The molecule has 4 nitrogen and oxygen atoms in total. The summed E-state index contributed by atoms with van der Waals surface area (Å²) in [6.45, 7) is 3.95. The van der Waals surface area contributed by atoms with Gasteiger partial charge < -0.3 is 10.5 Å². The molecule has 0 spiro atoms. The van der Waals surface area contributed by atoms with Crippen molar-refractivity contribution < 1.29 is 9.13 Å². The second-order valence-corrected chi connectivity index (χ2v) is 5.10. The smallest absolute Gasteiger partial charge is 0.205 e. The van der Waals surface area contributed by atoms with Crippen molar-refractivity contribution in [2.75, 3.05) is 5.73 Å². The number of hydrogen-bond donors (Lipinski definition) is 1. The first-order valence-electron chi connectivity index (χ1n) is 6.75. The van der Waals surface area contributed by atoms with Gasteiger partial charge in [0, 0.05) is 11.8 Å². The monoisotopic (exact) mass is 285 g/mol. The first-order valence-corrected chi connectivity index (χ1v) is 6.75. The topological polar surface area (TPSA) is 53.1 Å². The molecule has 0 radical (unpaired) electrons. The van der Waals surface area contributed by atoms with Gasteiger partial charge in [0.05, 0.1) is 17.1 Å². The minimum atomic E-state index is -0.326. The van der Waals surface area contributed by atoms with E-state index >= 15 is 0 Å². The Labute approximate surface area is 122 Å². The average Bonchev–Trinajstić information content (AvgIpc) is 2.74. The molecule has 3 aromatic rings. The molecular formula is C16H16FN3O. The van der Waals surface area contributed by atoms with Gasteiger partial charge in [-0.2, -0.15) is 0 Å². The van der Waals surface area contributed by atoms with Crippen LogP contribution in [0.3, 0.4) is 0 Å². The van der Waals surface area contributed by atoms with Crippen molar-refractivity contribution in [1.82, 2.24) is 9.55 Å². The predicted molar refractivity (Wildman–Crippen MR) is 81.2 cm³/mol. The highest BCUT2D eigenvalue weighted by atomic mass is 19.1. The second kappa shape index (κ2) is 5.09. The molecule has 0 unspecified atom stereocenters. The zero-order valence-electron chi connectivity index (χ0n) is 11.9. The highest BCUT2D eigenvalue weighted by Gasteiger charge is 2.11. The zero-order chi connectivity index (χ0) is 15.0. The minimum absolute atomic E-state index is 0.123. The molecule has 108 valence electrons. The summed E-state index contributed by atoms with van der Waals surface area (Å²) < 4.78 is 20.6. The Morgan fingerprint density at radius 1 is 1.14 bits per heavy atom. The van der Waals surface area contributed by atoms with Gasteiger partial charge in [0.25, 0.3) is 0 Å². The lowest BCUT2D eigenvalue weighted by Gasteiger charge is -2.11. The third-order valence-electron chi connectivity index (χ3n) is 3.11. The van der Waals surface area contributed by atoms with Crippen molar-refractivity contribution >= 4 is 17.0 Å². The van der Waals surface area contributed by atoms with Gasteiger partial charge in [0.2, 0.25) is 5.95 Å². The van der Waals surface area contributed by atoms with E-state index in [-0.39, 0.29) is 11.9 Å². The molecule has 2 N–H and O–H groups in total. The number of ether oxygens (including phenoxy) is 1. The Bertz CT molecular complexity index is 778. The van der Waals surface area contributed by atoms with Crippen LogP contribution < -0.4 is 10.5 Å². The van der Waals surface area contributed by atoms with Crippen molar-refractivity contribution in [3.05, 3.63) is 48.3 Å². The number of hydrogen-bond acceptors (Lipinski definition) is 3. The van der Waals surface area contributed by atoms with E-state index in [1.807, 2.05) is 38.1 Å². The summed E-state index contributed by atoms with van der Waals surface area (Å²) in [7, 11) is 0. The Kier molecular flexibility index (Phi) is 3.25. The van der Waals surface area contributed by atoms with Gasteiger partial charge in [-0.05, 0) is 50.2 Å². The second-order valence-electron chi connectivity index (χ2n) is 5.10. The summed E-state index contributed by atoms with van der Waals surface area (Å²) in [5.74, 6) is 0.795. The van der Waals surface area contributed by atoms with Gasteiger partial charge >= 0.3 is 0 Å². The number of rotatable bonds is 3. The van der Waals surface area contributed by atoms with Crippen LogP contribution in [0.4, 0.5) is 10.3 Å². The quantitative estimate of drug-likeness (QED) is 0.801. The molecule has 3 rings (SSSR count). The van der Waals surface area contributed by atoms with Gasteiger partial charge in [0.1, 0.15) is 11.6 Å². The Balaban J connectivity index is 2.05. The first kappa shape index (κ1) is 13.4. The molecular weight excluding hydrogens is 269 g/mol. The van der Waals surface area contributed by atoms with E-state index in [4.69, 9.17) is 10.5 Å². The predicted octanol–water partition coefficient (Wildman–Crippen LogP) is 3.53. The molecule has 0 aliphatic rings. The number of fused-ring (bicyclic) bond motifs is 1. The molecule has 0 aliphatic heterocycles. The lowest BCUT2D eigenvalue weighted by molar-refractivity contribution is 0.242. The molecule has 1 heterocycles. The summed E-state index contributed by atoms with van der Waals surface area (Å²) in [6.07, 6.45) is 0.123. The number of nitrogens with two attached hydrogens (primary N) is 1. The number of benzene rings is 2. The average molecular weight is 285 g/mol. The normalized spacial score (nSPS) is 11.2. The largest absolute Gasteiger partial charge is 0.491 e. The summed E-state index contributed by atoms with van der Waals surface area (Å²) >= 11 is 0. The van der Waals surface area contributed by atoms with Crippen LogP contribution in [0.15, 0.2) is 42.5 Å². The number of anilines is 1. The summed E-state index contributed by atoms with van der Waals surface area (Å²) in [5, 5.41) is 0. The Morgan fingerprint density at radius 2 is 1.86 bits per heavy atom. The Hall–Kier alpha value is -2.56. The summed E-state index contributed by atoms with van der Waals surface area (Å²) in [4.78, 5) is 4.19. The molecule has 21 heavy (non-hydrogen) atoms. The maximum Gasteiger partial charge on any atom is 0.205 e. The van der Waals surface area contributed by atoms with Crippen LogP contribution in [0.2, 0.25) is 0 Å². The van der Waals surface area contributed by atoms with Gasteiger partial charge in [-0.1, -0.05) is 0 Å². The lowest BCUT2D eigenvalue weighted by atomic mass is 10.2. The van der Waals surface area contributed by atoms with Crippen molar-refractivity contribution in [1.29, 1.82) is 0 Å². The maximum absolute atomic E-state index is 13.2. The van der Waals surface area contributed by atoms with Crippen LogP contribution >= 0.6 is 0 Å². The lowest BCUT2D eigenvalue weighted by Crippen LogP contribution is -2.05. The van der Waals surface area contributed by atoms with Crippen molar-refractivity contribution in [2.45, 2.75) is 20.0 Å². The fourth-order valence-electron chi connectivity index (χ4n) is 2.29. The van der Waals surface area contributed by atoms with Crippen LogP contribution in [0.25, 0.3) is 16.7 Å². The van der Waals surface area contributed by atoms with E-state index in [0.29, 0.717) is 11.5 Å². The highest BCUT2D eigenvalue weighted by Crippen LogP contribution is 2.25. The zero-order valence-corrected chi connectivity index (χ0v) is 11.9. The van der Waals surface area contributed by atoms with Crippen molar-refractivity contribution in [3.63, 3.8) is 0 Å². The fourth-order valence-corrected chi connectivity index (χ4v) is 2.29. The molecule has 2 aromatic carbocycles. The standard InChI is InChI=1S/C16H16FN3O/c1-10(2)21-13-6-4-12(5-7-13)20-15-8-3-11(17)9-14(15)19-16(20)18/h3-10H,1-2H3,(H2,18,19). The van der Waals surface area contributed by atoms with E-state index in [0.717, 1.165) is 17.0 Å². The van der Waals surface area contributed by atoms with Crippen molar-refractivity contribution in [2.24, 2.45) is 0 Å². The number of aromatic nitrogens is 2. The molecule has 5 heteroatoms. The molecule has 0 atom stereocenters. The highest BCUT2D eigenvalue weighted by molar-refractivity contribution is 5.80. The first-order chi connectivity index (χ1) is 10.0. The molecule has 0 fully saturated rings. The summed E-state index contributed by atoms with van der Waals surface area (Å²) in [6, 6.07) is 12.0. The third-order valence-corrected chi connectivity index (χ3v) is 3.11. The van der Waals surface area contributed by atoms with Gasteiger partial charge in [-0.25, -0.2) is 9.37 Å². The van der Waals surface area contributed by atoms with E-state index in [1.165, 1.54) is 12.1 Å². The number of nitrogen functional groups attached to an aromatic ring is 1. The van der Waals surface area contributed by atoms with Crippen LogP contribution in [0, 0.1) is 5.82 Å². The molecule has 0 saturated carbocycles. The summed E-state index contributed by atoms with van der Waals surface area (Å²) in [5.41, 5.74) is 8.12. The van der Waals surface area contributed by atoms with Crippen LogP contribution in [0.1, 0.15) is 13.8 Å². The molecule has 0 aliphatic carbocycles. The van der Waals surface area contributed by atoms with E-state index in [2.05, 4.69) is 4.98 Å². The fraction of sp³-hybridized carbons (Fsp3) is 0.188. The minimum Gasteiger partial charge on any atom is -0.491 e. The SMILES string of the molecule is CC(C)Oc1ccc(-n2c(N)nc3cc(F)ccc32)cc1. The molecule has 0 bridgehead atoms. The van der Waals surface area contributed by atoms with E-state index in [1.54, 1.807) is 10.6 Å². The number of imidazole rings is 1. The van der Waals surface area contributed by atoms with Gasteiger partial charge in [0.15, 0.2) is 0 Å². The van der Waals surface area contributed by atoms with Crippen LogP contribution in [-0.4, -0.2) is 15.7 Å². The van der Waals surface area contributed by atoms with Gasteiger partial charge in [-0.15, -0.1) is 0 Å². The number of halogens is 1. The van der Waals surface area contributed by atoms with E-state index < -0.39 is 0 Å².